The predicted molar refractivity (Wildman–Crippen MR) is 88.4 cm³/mol. The number of aryl methyl sites for hydroxylation is 1. The van der Waals surface area contributed by atoms with Gasteiger partial charge in [-0.05, 0) is 38.1 Å². The first kappa shape index (κ1) is 16.4. The molecule has 1 aromatic carbocycles. The van der Waals surface area contributed by atoms with E-state index in [-0.39, 0.29) is 11.7 Å². The number of carbonyl (C=O) groups excluding carboxylic acids is 1. The summed E-state index contributed by atoms with van der Waals surface area (Å²) in [5.41, 5.74) is 1.93. The zero-order valence-corrected chi connectivity index (χ0v) is 13.8. The van der Waals surface area contributed by atoms with Gasteiger partial charge in [-0.3, -0.25) is 4.79 Å². The second kappa shape index (κ2) is 7.84. The van der Waals surface area contributed by atoms with E-state index >= 15 is 0 Å². The Bertz CT molecular complexity index is 608. The lowest BCUT2D eigenvalue weighted by Gasteiger charge is -2.21. The highest BCUT2D eigenvalue weighted by atomic mass is 32.2. The second-order valence-electron chi connectivity index (χ2n) is 4.64. The average Bonchev–Trinajstić information content (AvgIpc) is 2.94. The standard InChI is InChI=1S/C15H20N4O2S/c1-4-19(5-2)13-8-6-12(7-9-13)16-14(20)10-22-15-18-17-11(3)21-15/h6-9H,4-5,10H2,1-3H3,(H,16,20). The summed E-state index contributed by atoms with van der Waals surface area (Å²) in [6, 6.07) is 7.84. The Kier molecular flexibility index (Phi) is 5.83. The van der Waals surface area contributed by atoms with Crippen LogP contribution in [0.4, 0.5) is 11.4 Å². The minimum atomic E-state index is -0.101. The summed E-state index contributed by atoms with van der Waals surface area (Å²) < 4.78 is 5.21. The Balaban J connectivity index is 1.86. The lowest BCUT2D eigenvalue weighted by Crippen LogP contribution is -2.21. The van der Waals surface area contributed by atoms with Crippen LogP contribution >= 0.6 is 11.8 Å². The van der Waals surface area contributed by atoms with Crippen LogP contribution in [0.15, 0.2) is 33.9 Å². The summed E-state index contributed by atoms with van der Waals surface area (Å²) >= 11 is 1.22. The number of nitrogens with one attached hydrogen (secondary N) is 1. The van der Waals surface area contributed by atoms with E-state index in [9.17, 15) is 4.79 Å². The largest absolute Gasteiger partial charge is 0.416 e. The molecular formula is C15H20N4O2S. The quantitative estimate of drug-likeness (QED) is 0.791. The van der Waals surface area contributed by atoms with Crippen LogP contribution in [0.2, 0.25) is 0 Å². The van der Waals surface area contributed by atoms with Gasteiger partial charge in [-0.1, -0.05) is 11.8 Å². The highest BCUT2D eigenvalue weighted by molar-refractivity contribution is 7.99. The van der Waals surface area contributed by atoms with Crippen molar-refractivity contribution in [2.24, 2.45) is 0 Å². The van der Waals surface area contributed by atoms with E-state index in [1.54, 1.807) is 6.92 Å². The molecule has 1 aromatic heterocycles. The summed E-state index contributed by atoms with van der Waals surface area (Å²) in [6.45, 7) is 7.88. The smallest absolute Gasteiger partial charge is 0.277 e. The number of aromatic nitrogens is 2. The van der Waals surface area contributed by atoms with Crippen LogP contribution in [0.25, 0.3) is 0 Å². The van der Waals surface area contributed by atoms with Gasteiger partial charge < -0.3 is 14.6 Å². The van der Waals surface area contributed by atoms with Crippen molar-refractivity contribution in [2.45, 2.75) is 26.0 Å². The van der Waals surface area contributed by atoms with Gasteiger partial charge in [0, 0.05) is 31.4 Å². The molecule has 0 aliphatic rings. The van der Waals surface area contributed by atoms with E-state index in [1.165, 1.54) is 11.8 Å². The van der Waals surface area contributed by atoms with E-state index in [1.807, 2.05) is 24.3 Å². The second-order valence-corrected chi connectivity index (χ2v) is 5.57. The monoisotopic (exact) mass is 320 g/mol. The number of hydrogen-bond donors (Lipinski definition) is 1. The molecule has 2 aromatic rings. The minimum absolute atomic E-state index is 0.101. The first-order valence-corrected chi connectivity index (χ1v) is 8.18. The zero-order chi connectivity index (χ0) is 15.9. The third-order valence-electron chi connectivity index (χ3n) is 3.11. The van der Waals surface area contributed by atoms with Gasteiger partial charge in [0.25, 0.3) is 5.22 Å². The summed E-state index contributed by atoms with van der Waals surface area (Å²) in [6.07, 6.45) is 0. The highest BCUT2D eigenvalue weighted by Crippen LogP contribution is 2.19. The van der Waals surface area contributed by atoms with E-state index in [2.05, 4.69) is 34.3 Å². The number of rotatable bonds is 7. The molecule has 0 saturated heterocycles. The summed E-state index contributed by atoms with van der Waals surface area (Å²) in [5, 5.41) is 10.8. The molecule has 2 rings (SSSR count). The number of nitrogens with zero attached hydrogens (tertiary/aromatic N) is 3. The van der Waals surface area contributed by atoms with Crippen LogP contribution in [0.3, 0.4) is 0 Å². The van der Waals surface area contributed by atoms with Gasteiger partial charge in [0.05, 0.1) is 5.75 Å². The highest BCUT2D eigenvalue weighted by Gasteiger charge is 2.08. The molecule has 118 valence electrons. The number of carbonyl (C=O) groups is 1. The molecule has 0 fully saturated rings. The molecule has 22 heavy (non-hydrogen) atoms. The van der Waals surface area contributed by atoms with Gasteiger partial charge >= 0.3 is 0 Å². The molecule has 1 amide bonds. The SMILES string of the molecule is CCN(CC)c1ccc(NC(=O)CSc2nnc(C)o2)cc1. The Morgan fingerprint density at radius 2 is 1.91 bits per heavy atom. The molecular weight excluding hydrogens is 300 g/mol. The number of anilines is 2. The number of amides is 1. The number of hydrogen-bond acceptors (Lipinski definition) is 6. The lowest BCUT2D eigenvalue weighted by atomic mass is 10.2. The Morgan fingerprint density at radius 1 is 1.23 bits per heavy atom. The molecule has 7 heteroatoms. The summed E-state index contributed by atoms with van der Waals surface area (Å²) in [7, 11) is 0. The van der Waals surface area contributed by atoms with Crippen molar-refractivity contribution in [1.29, 1.82) is 0 Å². The maximum Gasteiger partial charge on any atom is 0.277 e. The summed E-state index contributed by atoms with van der Waals surface area (Å²) in [4.78, 5) is 14.1. The predicted octanol–water partition coefficient (Wildman–Crippen LogP) is 2.96. The van der Waals surface area contributed by atoms with Crippen molar-refractivity contribution in [1.82, 2.24) is 10.2 Å². The normalized spacial score (nSPS) is 10.5. The molecule has 6 nitrogen and oxygen atoms in total. The Hall–Kier alpha value is -2.02. The van der Waals surface area contributed by atoms with E-state index < -0.39 is 0 Å². The molecule has 1 heterocycles. The molecule has 0 aliphatic heterocycles. The van der Waals surface area contributed by atoms with Gasteiger partial charge in [-0.25, -0.2) is 0 Å². The first-order valence-electron chi connectivity index (χ1n) is 7.20. The third kappa shape index (κ3) is 4.49. The summed E-state index contributed by atoms with van der Waals surface area (Å²) in [5.74, 6) is 0.630. The molecule has 0 aliphatic carbocycles. The van der Waals surface area contributed by atoms with Crippen LogP contribution in [0.5, 0.6) is 0 Å². The van der Waals surface area contributed by atoms with Crippen LogP contribution in [0.1, 0.15) is 19.7 Å². The van der Waals surface area contributed by atoms with Gasteiger partial charge in [0.15, 0.2) is 0 Å². The van der Waals surface area contributed by atoms with Crippen molar-refractivity contribution in [3.63, 3.8) is 0 Å². The number of benzene rings is 1. The molecule has 1 N–H and O–H groups in total. The minimum Gasteiger partial charge on any atom is -0.416 e. The molecule has 0 radical (unpaired) electrons. The van der Waals surface area contributed by atoms with Crippen molar-refractivity contribution in [2.75, 3.05) is 29.1 Å². The van der Waals surface area contributed by atoms with Gasteiger partial charge in [-0.2, -0.15) is 0 Å². The van der Waals surface area contributed by atoms with Crippen LogP contribution in [-0.2, 0) is 4.79 Å². The maximum atomic E-state index is 11.9. The van der Waals surface area contributed by atoms with Gasteiger partial charge in [-0.15, -0.1) is 10.2 Å². The third-order valence-corrected chi connectivity index (χ3v) is 3.93. The van der Waals surface area contributed by atoms with Crippen LogP contribution in [-0.4, -0.2) is 34.9 Å². The van der Waals surface area contributed by atoms with Crippen molar-refractivity contribution in [3.05, 3.63) is 30.2 Å². The zero-order valence-electron chi connectivity index (χ0n) is 13.0. The fourth-order valence-electron chi connectivity index (χ4n) is 2.01. The van der Waals surface area contributed by atoms with Gasteiger partial charge in [0.2, 0.25) is 11.8 Å². The topological polar surface area (TPSA) is 71.3 Å². The van der Waals surface area contributed by atoms with Crippen LogP contribution in [0, 0.1) is 6.92 Å². The van der Waals surface area contributed by atoms with Gasteiger partial charge in [0.1, 0.15) is 0 Å². The van der Waals surface area contributed by atoms with Crippen molar-refractivity contribution >= 4 is 29.0 Å². The Labute approximate surface area is 134 Å². The van der Waals surface area contributed by atoms with Crippen molar-refractivity contribution < 1.29 is 9.21 Å². The Morgan fingerprint density at radius 3 is 2.45 bits per heavy atom. The maximum absolute atomic E-state index is 11.9. The molecule has 0 saturated carbocycles. The lowest BCUT2D eigenvalue weighted by molar-refractivity contribution is -0.113. The van der Waals surface area contributed by atoms with E-state index in [4.69, 9.17) is 4.42 Å². The molecule has 0 bridgehead atoms. The average molecular weight is 320 g/mol. The molecule has 0 atom stereocenters. The first-order chi connectivity index (χ1) is 10.6. The number of thioether (sulfide) groups is 1. The van der Waals surface area contributed by atoms with Crippen LogP contribution < -0.4 is 10.2 Å². The van der Waals surface area contributed by atoms with E-state index in [0.717, 1.165) is 24.5 Å². The molecule has 0 spiro atoms. The molecule has 0 unspecified atom stereocenters. The van der Waals surface area contributed by atoms with Crippen molar-refractivity contribution in [3.8, 4) is 0 Å². The fraction of sp³-hybridized carbons (Fsp3) is 0.400. The fourth-order valence-corrected chi connectivity index (χ4v) is 2.61. The van der Waals surface area contributed by atoms with E-state index in [0.29, 0.717) is 11.1 Å².